The molecule has 0 spiro atoms. The third-order valence-electron chi connectivity index (χ3n) is 3.30. The van der Waals surface area contributed by atoms with Crippen LogP contribution in [0.4, 0.5) is 0 Å². The minimum atomic E-state index is 0.259. The van der Waals surface area contributed by atoms with Crippen molar-refractivity contribution in [3.05, 3.63) is 83.9 Å². The number of benzene rings is 3. The number of hydrogen-bond acceptors (Lipinski definition) is 1. The van der Waals surface area contributed by atoms with Crippen molar-refractivity contribution in [2.75, 3.05) is 0 Å². The summed E-state index contributed by atoms with van der Waals surface area (Å²) < 4.78 is 0. The number of carbonyl (C=O) groups excluding carboxylic acids is 1. The Morgan fingerprint density at radius 2 is 1.11 bits per heavy atom. The van der Waals surface area contributed by atoms with Gasteiger partial charge < -0.3 is 0 Å². The lowest BCUT2D eigenvalue weighted by Crippen LogP contribution is -2.08. The summed E-state index contributed by atoms with van der Waals surface area (Å²) in [5.41, 5.74) is 1.99. The highest BCUT2D eigenvalue weighted by molar-refractivity contribution is 5.99. The minimum Gasteiger partial charge on any atom is -0.294 e. The second kappa shape index (κ2) is 5.07. The molecule has 3 aromatic rings. The van der Waals surface area contributed by atoms with E-state index in [9.17, 15) is 4.79 Å². The summed E-state index contributed by atoms with van der Waals surface area (Å²) >= 11 is 0. The minimum absolute atomic E-state index is 0.259. The Morgan fingerprint density at radius 3 is 1.37 bits per heavy atom. The van der Waals surface area contributed by atoms with Gasteiger partial charge in [0.15, 0.2) is 5.78 Å². The molecule has 0 radical (unpaired) electrons. The van der Waals surface area contributed by atoms with Crippen molar-refractivity contribution in [1.29, 1.82) is 0 Å². The number of rotatable bonds is 0. The summed E-state index contributed by atoms with van der Waals surface area (Å²) in [7, 11) is 0. The summed E-state index contributed by atoms with van der Waals surface area (Å²) in [6, 6.07) is 24.5. The summed E-state index contributed by atoms with van der Waals surface area (Å²) in [4.78, 5) is 10.9. The molecule has 0 aromatic heterocycles. The monoisotopic (exact) mass is 246 g/mol. The van der Waals surface area contributed by atoms with E-state index in [2.05, 4.69) is 48.5 Å². The van der Waals surface area contributed by atoms with Crippen molar-refractivity contribution in [2.45, 2.75) is 6.42 Å². The van der Waals surface area contributed by atoms with E-state index in [1.807, 2.05) is 24.3 Å². The van der Waals surface area contributed by atoms with Crippen LogP contribution in [-0.2, 0) is 6.42 Å². The number of carbonyl (C=O) groups is 1. The second-order valence-corrected chi connectivity index (χ2v) is 4.64. The van der Waals surface area contributed by atoms with Gasteiger partial charge in [-0.1, -0.05) is 72.8 Å². The fourth-order valence-electron chi connectivity index (χ4n) is 2.23. The van der Waals surface area contributed by atoms with Crippen LogP contribution in [0.5, 0.6) is 0 Å². The van der Waals surface area contributed by atoms with Gasteiger partial charge in [0.2, 0.25) is 0 Å². The molecule has 0 fully saturated rings. The SMILES string of the molecule is O=C1Cc2ccc1cc2.c1ccc2ccccc2c1. The molecule has 1 heteroatoms. The van der Waals surface area contributed by atoms with E-state index >= 15 is 0 Å². The molecule has 3 aromatic carbocycles. The number of fused-ring (bicyclic) bond motifs is 4. The van der Waals surface area contributed by atoms with E-state index in [0.29, 0.717) is 6.42 Å². The van der Waals surface area contributed by atoms with E-state index < -0.39 is 0 Å². The van der Waals surface area contributed by atoms with Gasteiger partial charge in [-0.05, 0) is 16.3 Å². The topological polar surface area (TPSA) is 17.1 Å². The molecular weight excluding hydrogens is 232 g/mol. The molecule has 0 amide bonds. The predicted molar refractivity (Wildman–Crippen MR) is 78.4 cm³/mol. The van der Waals surface area contributed by atoms with Crippen molar-refractivity contribution in [3.63, 3.8) is 0 Å². The molecule has 92 valence electrons. The highest BCUT2D eigenvalue weighted by Crippen LogP contribution is 2.14. The average molecular weight is 246 g/mol. The first-order valence-corrected chi connectivity index (χ1v) is 6.39. The van der Waals surface area contributed by atoms with E-state index in [1.165, 1.54) is 10.8 Å². The molecule has 0 atom stereocenters. The summed E-state index contributed by atoms with van der Waals surface area (Å²) in [6.07, 6.45) is 0.613. The van der Waals surface area contributed by atoms with Crippen molar-refractivity contribution < 1.29 is 4.79 Å². The van der Waals surface area contributed by atoms with Crippen molar-refractivity contribution in [3.8, 4) is 0 Å². The van der Waals surface area contributed by atoms with E-state index in [-0.39, 0.29) is 5.78 Å². The second-order valence-electron chi connectivity index (χ2n) is 4.64. The maximum absolute atomic E-state index is 10.9. The summed E-state index contributed by atoms with van der Waals surface area (Å²) in [5, 5.41) is 2.62. The highest BCUT2D eigenvalue weighted by atomic mass is 16.1. The van der Waals surface area contributed by atoms with Gasteiger partial charge in [-0.3, -0.25) is 4.79 Å². The first-order valence-electron chi connectivity index (χ1n) is 6.39. The van der Waals surface area contributed by atoms with Crippen LogP contribution < -0.4 is 0 Å². The molecule has 0 heterocycles. The lowest BCUT2D eigenvalue weighted by molar-refractivity contribution is 0.0989. The van der Waals surface area contributed by atoms with Crippen LogP contribution in [0.15, 0.2) is 72.8 Å². The van der Waals surface area contributed by atoms with Crippen LogP contribution in [0.25, 0.3) is 10.8 Å². The Morgan fingerprint density at radius 1 is 0.632 bits per heavy atom. The Bertz CT molecular complexity index is 646. The molecule has 5 rings (SSSR count). The largest absolute Gasteiger partial charge is 0.294 e. The van der Waals surface area contributed by atoms with E-state index in [1.54, 1.807) is 0 Å². The van der Waals surface area contributed by atoms with Gasteiger partial charge in [-0.2, -0.15) is 0 Å². The molecule has 0 N–H and O–H groups in total. The molecule has 2 aliphatic rings. The van der Waals surface area contributed by atoms with Crippen LogP contribution in [-0.4, -0.2) is 5.78 Å². The molecule has 0 aliphatic heterocycles. The van der Waals surface area contributed by atoms with Crippen molar-refractivity contribution in [2.24, 2.45) is 0 Å². The first kappa shape index (κ1) is 11.7. The maximum Gasteiger partial charge on any atom is 0.167 e. The van der Waals surface area contributed by atoms with Gasteiger partial charge in [-0.15, -0.1) is 0 Å². The molecule has 2 aliphatic carbocycles. The third kappa shape index (κ3) is 2.55. The van der Waals surface area contributed by atoms with Gasteiger partial charge in [0, 0.05) is 12.0 Å². The Hall–Kier alpha value is -2.41. The molecular formula is C18H14O. The van der Waals surface area contributed by atoms with Gasteiger partial charge in [0.25, 0.3) is 0 Å². The fourth-order valence-corrected chi connectivity index (χ4v) is 2.23. The number of ketones is 1. The molecule has 2 bridgehead atoms. The smallest absolute Gasteiger partial charge is 0.167 e. The maximum atomic E-state index is 10.9. The first-order chi connectivity index (χ1) is 9.33. The van der Waals surface area contributed by atoms with Gasteiger partial charge in [0.05, 0.1) is 0 Å². The Labute approximate surface area is 112 Å². The Balaban J connectivity index is 0.000000117. The normalized spacial score (nSPS) is 12.1. The number of hydrogen-bond donors (Lipinski definition) is 0. The van der Waals surface area contributed by atoms with Gasteiger partial charge >= 0.3 is 0 Å². The van der Waals surface area contributed by atoms with Crippen molar-refractivity contribution >= 4 is 16.6 Å². The zero-order valence-electron chi connectivity index (χ0n) is 10.5. The van der Waals surface area contributed by atoms with E-state index in [0.717, 1.165) is 11.1 Å². The van der Waals surface area contributed by atoms with Crippen LogP contribution in [0.1, 0.15) is 15.9 Å². The highest BCUT2D eigenvalue weighted by Gasteiger charge is 2.11. The predicted octanol–water partition coefficient (Wildman–Crippen LogP) is 4.27. The van der Waals surface area contributed by atoms with E-state index in [4.69, 9.17) is 0 Å². The summed E-state index contributed by atoms with van der Waals surface area (Å²) in [6.45, 7) is 0. The van der Waals surface area contributed by atoms with Crippen LogP contribution in [0.2, 0.25) is 0 Å². The zero-order valence-corrected chi connectivity index (χ0v) is 10.5. The van der Waals surface area contributed by atoms with Gasteiger partial charge in [-0.25, -0.2) is 0 Å². The molecule has 19 heavy (non-hydrogen) atoms. The summed E-state index contributed by atoms with van der Waals surface area (Å²) in [5.74, 6) is 0.259. The quantitative estimate of drug-likeness (QED) is 0.579. The van der Waals surface area contributed by atoms with Gasteiger partial charge in [0.1, 0.15) is 0 Å². The average Bonchev–Trinajstić information content (AvgIpc) is 2.49. The Kier molecular flexibility index (Phi) is 3.11. The molecule has 0 saturated heterocycles. The standard InChI is InChI=1S/C10H8.C8H6O/c1-2-6-10-8-4-3-7-9(10)5-1;9-8-5-6-1-3-7(8)4-2-6/h1-8H;1-4H,5H2. The molecule has 0 unspecified atom stereocenters. The van der Waals surface area contributed by atoms with Crippen LogP contribution >= 0.6 is 0 Å². The lowest BCUT2D eigenvalue weighted by Gasteiger charge is -2.08. The van der Waals surface area contributed by atoms with Crippen molar-refractivity contribution in [1.82, 2.24) is 0 Å². The van der Waals surface area contributed by atoms with Crippen LogP contribution in [0, 0.1) is 0 Å². The van der Waals surface area contributed by atoms with Crippen LogP contribution in [0.3, 0.4) is 0 Å². The molecule has 0 saturated carbocycles. The lowest BCUT2D eigenvalue weighted by atomic mass is 9.95. The fraction of sp³-hybridized carbons (Fsp3) is 0.0556. The molecule has 1 nitrogen and oxygen atoms in total. The zero-order chi connectivity index (χ0) is 13.1. The number of Topliss-reactive ketones (excluding diaryl/α,β-unsaturated/α-hetero) is 1. The third-order valence-corrected chi connectivity index (χ3v) is 3.30.